The minimum atomic E-state index is 0.0841. The van der Waals surface area contributed by atoms with E-state index in [-0.39, 0.29) is 12.0 Å². The first kappa shape index (κ1) is 28.1. The first-order valence-corrected chi connectivity index (χ1v) is 12.7. The number of hydrogen-bond donors (Lipinski definition) is 2. The second-order valence-electron chi connectivity index (χ2n) is 9.51. The molecular weight excluding hydrogens is 412 g/mol. The van der Waals surface area contributed by atoms with Gasteiger partial charge in [0.2, 0.25) is 0 Å². The highest BCUT2D eigenvalue weighted by atomic mass is 32.1. The van der Waals surface area contributed by atoms with Crippen molar-refractivity contribution in [3.63, 3.8) is 0 Å². The Morgan fingerprint density at radius 2 is 1.75 bits per heavy atom. The largest absolute Gasteiger partial charge is 0.396 e. The average molecular weight is 457 g/mol. The zero-order valence-electron chi connectivity index (χ0n) is 21.7. The molecule has 1 aromatic heterocycles. The van der Waals surface area contributed by atoms with E-state index in [1.54, 1.807) is 11.3 Å². The van der Waals surface area contributed by atoms with Crippen LogP contribution in [0, 0.1) is 25.2 Å². The van der Waals surface area contributed by atoms with Crippen LogP contribution in [0.2, 0.25) is 0 Å². The van der Waals surface area contributed by atoms with E-state index in [0.29, 0.717) is 12.3 Å². The molecule has 0 fully saturated rings. The fraction of sp³-hybridized carbons (Fsp3) is 0.536. The topological polar surface area (TPSA) is 45.1 Å². The molecule has 2 rings (SSSR count). The second-order valence-corrected chi connectivity index (χ2v) is 10.5. The molecule has 0 aliphatic rings. The van der Waals surface area contributed by atoms with Crippen LogP contribution in [-0.2, 0) is 12.8 Å². The van der Waals surface area contributed by atoms with Crippen molar-refractivity contribution < 1.29 is 5.11 Å². The van der Waals surface area contributed by atoms with Crippen molar-refractivity contribution in [2.45, 2.75) is 75.2 Å². The molecule has 0 bridgehead atoms. The number of aromatic nitrogens is 1. The van der Waals surface area contributed by atoms with E-state index >= 15 is 0 Å². The Bertz CT molecular complexity index is 901. The maximum Gasteiger partial charge on any atom is 0.0977 e. The van der Waals surface area contributed by atoms with Gasteiger partial charge in [-0.05, 0) is 53.9 Å². The maximum atomic E-state index is 9.25. The van der Waals surface area contributed by atoms with Crippen LogP contribution in [0.25, 0.3) is 5.70 Å². The summed E-state index contributed by atoms with van der Waals surface area (Å²) in [4.78, 5) is 4.95. The Kier molecular flexibility index (Phi) is 11.4. The molecule has 0 saturated carbocycles. The van der Waals surface area contributed by atoms with Crippen LogP contribution in [0.15, 0.2) is 35.7 Å². The molecule has 0 spiro atoms. The zero-order chi connectivity index (χ0) is 24.5. The summed E-state index contributed by atoms with van der Waals surface area (Å²) >= 11 is 1.71. The third kappa shape index (κ3) is 8.55. The van der Waals surface area contributed by atoms with Gasteiger partial charge in [-0.15, -0.1) is 11.3 Å². The normalized spacial score (nSPS) is 11.9. The predicted octanol–water partition coefficient (Wildman–Crippen LogP) is 7.10. The smallest absolute Gasteiger partial charge is 0.0977 e. The number of thiazole rings is 1. The third-order valence-electron chi connectivity index (χ3n) is 5.40. The van der Waals surface area contributed by atoms with Gasteiger partial charge >= 0.3 is 0 Å². The summed E-state index contributed by atoms with van der Waals surface area (Å²) < 4.78 is 0. The van der Waals surface area contributed by atoms with Crippen LogP contribution >= 0.6 is 11.3 Å². The van der Waals surface area contributed by atoms with E-state index in [4.69, 9.17) is 4.98 Å². The molecule has 32 heavy (non-hydrogen) atoms. The van der Waals surface area contributed by atoms with E-state index in [1.807, 2.05) is 13.8 Å². The molecule has 0 saturated heterocycles. The van der Waals surface area contributed by atoms with E-state index in [9.17, 15) is 5.11 Å². The molecule has 0 aliphatic carbocycles. The number of aryl methyl sites for hydroxylation is 2. The van der Waals surface area contributed by atoms with Gasteiger partial charge in [0.25, 0.3) is 0 Å². The van der Waals surface area contributed by atoms with Gasteiger partial charge in [0.05, 0.1) is 16.4 Å². The summed E-state index contributed by atoms with van der Waals surface area (Å²) in [5.74, 6) is 0.435. The molecule has 4 heteroatoms. The van der Waals surface area contributed by atoms with Gasteiger partial charge in [-0.2, -0.15) is 0 Å². The van der Waals surface area contributed by atoms with Crippen molar-refractivity contribution >= 4 is 17.0 Å². The minimum Gasteiger partial charge on any atom is -0.396 e. The summed E-state index contributed by atoms with van der Waals surface area (Å²) in [6.45, 7) is 24.4. The Morgan fingerprint density at radius 3 is 2.31 bits per heavy atom. The molecule has 2 N–H and O–H groups in total. The minimum absolute atomic E-state index is 0.0841. The lowest BCUT2D eigenvalue weighted by Crippen LogP contribution is -2.22. The molecule has 2 aromatic rings. The van der Waals surface area contributed by atoms with Gasteiger partial charge in [0, 0.05) is 25.0 Å². The Labute approximate surface area is 200 Å². The van der Waals surface area contributed by atoms with Gasteiger partial charge in [0.15, 0.2) is 0 Å². The van der Waals surface area contributed by atoms with Crippen molar-refractivity contribution in [1.29, 1.82) is 0 Å². The van der Waals surface area contributed by atoms with Crippen molar-refractivity contribution in [1.82, 2.24) is 10.3 Å². The van der Waals surface area contributed by atoms with E-state index < -0.39 is 0 Å². The van der Waals surface area contributed by atoms with Crippen LogP contribution in [-0.4, -0.2) is 23.2 Å². The molecule has 0 amide bonds. The monoisotopic (exact) mass is 456 g/mol. The fourth-order valence-corrected chi connectivity index (χ4v) is 4.05. The number of nitrogens with zero attached hydrogens (tertiary/aromatic N) is 1. The Balaban J connectivity index is 0.00000249. The highest BCUT2D eigenvalue weighted by molar-refractivity contribution is 7.09. The van der Waals surface area contributed by atoms with E-state index in [1.165, 1.54) is 27.8 Å². The quantitative estimate of drug-likeness (QED) is 0.396. The molecular formula is C28H44N2OS. The molecule has 0 radical (unpaired) electrons. The predicted molar refractivity (Wildman–Crippen MR) is 142 cm³/mol. The zero-order valence-corrected chi connectivity index (χ0v) is 22.5. The fourth-order valence-electron chi connectivity index (χ4n) is 3.23. The van der Waals surface area contributed by atoms with Gasteiger partial charge in [-0.3, -0.25) is 0 Å². The molecule has 3 nitrogen and oxygen atoms in total. The van der Waals surface area contributed by atoms with Crippen molar-refractivity contribution in [3.05, 3.63) is 68.7 Å². The average Bonchev–Trinajstić information content (AvgIpc) is 3.18. The molecule has 1 aromatic carbocycles. The molecule has 0 atom stereocenters. The molecule has 1 heterocycles. The lowest BCUT2D eigenvalue weighted by Gasteiger charge is -2.23. The number of benzene rings is 1. The van der Waals surface area contributed by atoms with Gasteiger partial charge in [-0.25, -0.2) is 4.98 Å². The van der Waals surface area contributed by atoms with Crippen LogP contribution in [0.4, 0.5) is 0 Å². The van der Waals surface area contributed by atoms with Crippen LogP contribution in [0.1, 0.15) is 81.4 Å². The van der Waals surface area contributed by atoms with Gasteiger partial charge in [0.1, 0.15) is 0 Å². The summed E-state index contributed by atoms with van der Waals surface area (Å²) in [5.41, 5.74) is 8.40. The van der Waals surface area contributed by atoms with Gasteiger partial charge in [-0.1, -0.05) is 78.8 Å². The number of aliphatic hydroxyl groups excluding tert-OH is 1. The number of hydrogen-bond acceptors (Lipinski definition) is 4. The summed E-state index contributed by atoms with van der Waals surface area (Å²) in [7, 11) is 0. The summed E-state index contributed by atoms with van der Waals surface area (Å²) in [5, 5.41) is 16.1. The van der Waals surface area contributed by atoms with E-state index in [0.717, 1.165) is 29.4 Å². The van der Waals surface area contributed by atoms with Gasteiger partial charge < -0.3 is 10.4 Å². The molecule has 178 valence electrons. The summed E-state index contributed by atoms with van der Waals surface area (Å²) in [6.07, 6.45) is 3.79. The van der Waals surface area contributed by atoms with Crippen LogP contribution in [0.5, 0.6) is 0 Å². The highest BCUT2D eigenvalue weighted by Crippen LogP contribution is 2.26. The Morgan fingerprint density at radius 1 is 1.16 bits per heavy atom. The van der Waals surface area contributed by atoms with Crippen molar-refractivity contribution in [2.24, 2.45) is 11.3 Å². The van der Waals surface area contributed by atoms with Crippen LogP contribution in [0.3, 0.4) is 0 Å². The first-order valence-electron chi connectivity index (χ1n) is 11.8. The number of aliphatic hydroxyl groups is 1. The van der Waals surface area contributed by atoms with Crippen molar-refractivity contribution in [3.8, 4) is 0 Å². The first-order chi connectivity index (χ1) is 15.0. The molecule has 0 unspecified atom stereocenters. The third-order valence-corrected chi connectivity index (χ3v) is 6.25. The second kappa shape index (κ2) is 13.0. The summed E-state index contributed by atoms with van der Waals surface area (Å²) in [6, 6.07) is 4.46. The Hall–Kier alpha value is -1.91. The lowest BCUT2D eigenvalue weighted by atomic mass is 9.87. The van der Waals surface area contributed by atoms with E-state index in [2.05, 4.69) is 84.0 Å². The molecule has 0 aliphatic heterocycles. The lowest BCUT2D eigenvalue weighted by molar-refractivity contribution is 0.299. The van der Waals surface area contributed by atoms with Crippen molar-refractivity contribution in [2.75, 3.05) is 13.2 Å². The number of nitrogens with one attached hydrogen (secondary N) is 1. The number of rotatable bonds is 9. The van der Waals surface area contributed by atoms with Crippen LogP contribution < -0.4 is 5.32 Å². The highest BCUT2D eigenvalue weighted by Gasteiger charge is 2.16. The standard InChI is InChI=1S/C26H38N2OS.C2H6/c1-17(2)11-23(27-15-20(5)26(6,7)8)24-16-30-25(28-24)14-22-13-18(3)21(9-10-29)12-19(22)4;1-2/h11-13,16-17,27,29H,5,9-10,14-15H2,1-4,6-8H3;1-2H3/b23-11-;. The maximum absolute atomic E-state index is 9.25. The number of allylic oxidation sites excluding steroid dienone is 1. The SMILES string of the molecule is C=C(CN/C(=C\C(C)C)c1csc(Cc2cc(C)c(CCO)cc2C)n1)C(C)(C)C.CC.